The highest BCUT2D eigenvalue weighted by Gasteiger charge is 2.20. The monoisotopic (exact) mass is 257 g/mol. The number of carbonyl (C=O) groups excluding carboxylic acids is 1. The molecule has 0 aromatic heterocycles. The summed E-state index contributed by atoms with van der Waals surface area (Å²) < 4.78 is 13.0. The predicted molar refractivity (Wildman–Crippen MR) is 67.3 cm³/mol. The van der Waals surface area contributed by atoms with Crippen LogP contribution in [0.1, 0.15) is 31.9 Å². The first-order valence-corrected chi connectivity index (χ1v) is 5.99. The summed E-state index contributed by atoms with van der Waals surface area (Å²) in [5.74, 6) is -0.118. The van der Waals surface area contributed by atoms with Crippen LogP contribution in [-0.4, -0.2) is 5.91 Å². The number of hydrogen-bond donors (Lipinski definition) is 1. The predicted octanol–water partition coefficient (Wildman–Crippen LogP) is 3.23. The minimum absolute atomic E-state index is 0.0395. The molecule has 4 heteroatoms. The van der Waals surface area contributed by atoms with Crippen LogP contribution in [0.2, 0.25) is 0 Å². The van der Waals surface area contributed by atoms with E-state index in [1.54, 1.807) is 6.07 Å². The molecule has 0 spiro atoms. The van der Waals surface area contributed by atoms with Crippen molar-refractivity contribution in [2.75, 3.05) is 0 Å². The molecule has 0 fully saturated rings. The average molecular weight is 258 g/mol. The molecule has 17 heavy (non-hydrogen) atoms. The molecule has 1 aromatic rings. The van der Waals surface area contributed by atoms with Gasteiger partial charge in [0.05, 0.1) is 0 Å². The molecule has 1 N–H and O–H groups in total. The van der Waals surface area contributed by atoms with E-state index in [0.29, 0.717) is 12.1 Å². The van der Waals surface area contributed by atoms with E-state index in [1.807, 2.05) is 20.8 Å². The first-order chi connectivity index (χ1) is 7.84. The number of benzene rings is 1. The maximum absolute atomic E-state index is 13.0. The third-order valence-corrected chi connectivity index (χ3v) is 2.72. The summed E-state index contributed by atoms with van der Waals surface area (Å²) in [6, 6.07) is 4.41. The fourth-order valence-corrected chi connectivity index (χ4v) is 1.58. The van der Waals surface area contributed by atoms with Crippen LogP contribution in [0.3, 0.4) is 0 Å². The van der Waals surface area contributed by atoms with E-state index < -0.39 is 5.41 Å². The van der Waals surface area contributed by atoms with Crippen molar-refractivity contribution in [3.05, 3.63) is 35.1 Å². The zero-order chi connectivity index (χ0) is 13.1. The van der Waals surface area contributed by atoms with Gasteiger partial charge in [-0.3, -0.25) is 4.79 Å². The Morgan fingerprint density at radius 1 is 1.35 bits per heavy atom. The first kappa shape index (κ1) is 14.0. The van der Waals surface area contributed by atoms with Crippen LogP contribution < -0.4 is 5.32 Å². The number of hydrogen-bond acceptors (Lipinski definition) is 1. The van der Waals surface area contributed by atoms with Crippen molar-refractivity contribution in [3.8, 4) is 0 Å². The third-order valence-electron chi connectivity index (χ3n) is 2.43. The minimum atomic E-state index is -0.429. The van der Waals surface area contributed by atoms with Crippen molar-refractivity contribution in [1.29, 1.82) is 0 Å². The molecule has 0 saturated carbocycles. The van der Waals surface area contributed by atoms with Gasteiger partial charge in [0.2, 0.25) is 5.91 Å². The van der Waals surface area contributed by atoms with E-state index in [1.165, 1.54) is 12.1 Å². The molecular weight excluding hydrogens is 241 g/mol. The highest BCUT2D eigenvalue weighted by Crippen LogP contribution is 2.16. The molecule has 1 aromatic carbocycles. The van der Waals surface area contributed by atoms with Crippen LogP contribution in [0.15, 0.2) is 18.2 Å². The lowest BCUT2D eigenvalue weighted by Crippen LogP contribution is -2.34. The van der Waals surface area contributed by atoms with Gasteiger partial charge in [-0.1, -0.05) is 26.8 Å². The Hall–Kier alpha value is -1.09. The molecular formula is C13H17ClFNO. The summed E-state index contributed by atoms with van der Waals surface area (Å²) in [4.78, 5) is 11.7. The summed E-state index contributed by atoms with van der Waals surface area (Å²) in [6.07, 6.45) is 0. The fourth-order valence-electron chi connectivity index (χ4n) is 1.33. The van der Waals surface area contributed by atoms with Gasteiger partial charge in [0.15, 0.2) is 0 Å². The number of carbonyl (C=O) groups is 1. The van der Waals surface area contributed by atoms with E-state index in [0.717, 1.165) is 5.56 Å². The molecule has 0 aliphatic carbocycles. The molecule has 0 aliphatic heterocycles. The van der Waals surface area contributed by atoms with Crippen LogP contribution >= 0.6 is 11.6 Å². The summed E-state index contributed by atoms with van der Waals surface area (Å²) in [5.41, 5.74) is 1.13. The Kier molecular flexibility index (Phi) is 4.52. The highest BCUT2D eigenvalue weighted by molar-refractivity contribution is 6.17. The van der Waals surface area contributed by atoms with E-state index in [-0.39, 0.29) is 17.6 Å². The topological polar surface area (TPSA) is 29.1 Å². The lowest BCUT2D eigenvalue weighted by molar-refractivity contribution is -0.128. The van der Waals surface area contributed by atoms with Crippen molar-refractivity contribution < 1.29 is 9.18 Å². The van der Waals surface area contributed by atoms with Gasteiger partial charge in [0, 0.05) is 17.8 Å². The zero-order valence-electron chi connectivity index (χ0n) is 10.3. The smallest absolute Gasteiger partial charge is 0.225 e. The summed E-state index contributed by atoms with van der Waals surface area (Å²) in [6.45, 7) is 5.90. The standard InChI is InChI=1S/C13H17ClFNO/c1-13(2,3)12(17)16-8-9-4-5-11(15)6-10(9)7-14/h4-6H,7-8H2,1-3H3,(H,16,17). The Labute approximate surface area is 106 Å². The van der Waals surface area contributed by atoms with Crippen molar-refractivity contribution in [2.45, 2.75) is 33.2 Å². The molecule has 0 radical (unpaired) electrons. The van der Waals surface area contributed by atoms with Gasteiger partial charge >= 0.3 is 0 Å². The second-order valence-corrected chi connectivity index (χ2v) is 5.25. The SMILES string of the molecule is CC(C)(C)C(=O)NCc1ccc(F)cc1CCl. The molecule has 0 aliphatic rings. The van der Waals surface area contributed by atoms with E-state index in [2.05, 4.69) is 5.32 Å². The zero-order valence-corrected chi connectivity index (χ0v) is 11.1. The van der Waals surface area contributed by atoms with Crippen molar-refractivity contribution in [2.24, 2.45) is 5.41 Å². The fraction of sp³-hybridized carbons (Fsp3) is 0.462. The largest absolute Gasteiger partial charge is 0.352 e. The van der Waals surface area contributed by atoms with Crippen molar-refractivity contribution in [3.63, 3.8) is 0 Å². The second-order valence-electron chi connectivity index (χ2n) is 4.98. The molecule has 1 rings (SSSR count). The molecule has 0 saturated heterocycles. The Morgan fingerprint density at radius 2 is 2.00 bits per heavy atom. The van der Waals surface area contributed by atoms with Crippen molar-refractivity contribution in [1.82, 2.24) is 5.32 Å². The maximum Gasteiger partial charge on any atom is 0.225 e. The van der Waals surface area contributed by atoms with Gasteiger partial charge in [0.1, 0.15) is 5.82 Å². The van der Waals surface area contributed by atoms with Crippen LogP contribution in [0.5, 0.6) is 0 Å². The molecule has 1 amide bonds. The maximum atomic E-state index is 13.0. The van der Waals surface area contributed by atoms with Crippen LogP contribution in [0, 0.1) is 11.2 Å². The van der Waals surface area contributed by atoms with Gasteiger partial charge in [-0.15, -0.1) is 11.6 Å². The summed E-state index contributed by atoms with van der Waals surface area (Å²) in [5, 5.41) is 2.81. The third kappa shape index (κ3) is 4.00. The normalized spacial score (nSPS) is 11.4. The number of amides is 1. The van der Waals surface area contributed by atoms with Gasteiger partial charge in [-0.05, 0) is 23.3 Å². The molecule has 0 atom stereocenters. The van der Waals surface area contributed by atoms with Gasteiger partial charge in [-0.25, -0.2) is 4.39 Å². The average Bonchev–Trinajstić information content (AvgIpc) is 2.25. The Balaban J connectivity index is 2.73. The summed E-state index contributed by atoms with van der Waals surface area (Å²) >= 11 is 5.73. The molecule has 0 heterocycles. The number of alkyl halides is 1. The lowest BCUT2D eigenvalue weighted by atomic mass is 9.95. The van der Waals surface area contributed by atoms with Crippen LogP contribution in [0.4, 0.5) is 4.39 Å². The van der Waals surface area contributed by atoms with Crippen molar-refractivity contribution >= 4 is 17.5 Å². The first-order valence-electron chi connectivity index (χ1n) is 5.46. The van der Waals surface area contributed by atoms with Gasteiger partial charge in [-0.2, -0.15) is 0 Å². The quantitative estimate of drug-likeness (QED) is 0.828. The van der Waals surface area contributed by atoms with Gasteiger partial charge < -0.3 is 5.32 Å². The number of halogens is 2. The Bertz CT molecular complexity index is 412. The number of nitrogens with one attached hydrogen (secondary N) is 1. The molecule has 0 unspecified atom stereocenters. The van der Waals surface area contributed by atoms with Crippen LogP contribution in [0.25, 0.3) is 0 Å². The van der Waals surface area contributed by atoms with Crippen LogP contribution in [-0.2, 0) is 17.2 Å². The number of rotatable bonds is 3. The molecule has 0 bridgehead atoms. The second kappa shape index (κ2) is 5.50. The molecule has 2 nitrogen and oxygen atoms in total. The van der Waals surface area contributed by atoms with Gasteiger partial charge in [0.25, 0.3) is 0 Å². The Morgan fingerprint density at radius 3 is 2.53 bits per heavy atom. The minimum Gasteiger partial charge on any atom is -0.352 e. The van der Waals surface area contributed by atoms with E-state index >= 15 is 0 Å². The highest BCUT2D eigenvalue weighted by atomic mass is 35.5. The molecule has 94 valence electrons. The lowest BCUT2D eigenvalue weighted by Gasteiger charge is -2.18. The van der Waals surface area contributed by atoms with E-state index in [9.17, 15) is 9.18 Å². The van der Waals surface area contributed by atoms with E-state index in [4.69, 9.17) is 11.6 Å². The summed E-state index contributed by atoms with van der Waals surface area (Å²) in [7, 11) is 0.